The summed E-state index contributed by atoms with van der Waals surface area (Å²) in [5.41, 5.74) is 3.61. The number of hydrogen-bond acceptors (Lipinski definition) is 1. The van der Waals surface area contributed by atoms with Gasteiger partial charge in [-0.15, -0.1) is 0 Å². The van der Waals surface area contributed by atoms with E-state index in [-0.39, 0.29) is 11.9 Å². The largest absolute Gasteiger partial charge is 0.306 e. The van der Waals surface area contributed by atoms with E-state index in [4.69, 9.17) is 0 Å². The van der Waals surface area contributed by atoms with Crippen LogP contribution in [0.3, 0.4) is 0 Å². The molecule has 0 saturated heterocycles. The molecule has 0 spiro atoms. The molecule has 0 aromatic heterocycles. The van der Waals surface area contributed by atoms with Gasteiger partial charge in [0.05, 0.1) is 0 Å². The summed E-state index contributed by atoms with van der Waals surface area (Å²) in [6.07, 6.45) is 0. The highest BCUT2D eigenvalue weighted by Gasteiger charge is 2.15. The molecular weight excluding hydrogens is 329 g/mol. The lowest BCUT2D eigenvalue weighted by atomic mass is 9.95. The molecule has 0 heterocycles. The molecule has 0 radical (unpaired) electrons. The molecule has 0 bridgehead atoms. The fraction of sp³-hybridized carbons (Fsp3) is 0.333. The highest BCUT2D eigenvalue weighted by Crippen LogP contribution is 2.23. The minimum absolute atomic E-state index is 0.190. The van der Waals surface area contributed by atoms with E-state index in [1.807, 2.05) is 12.1 Å². The van der Waals surface area contributed by atoms with E-state index in [1.54, 1.807) is 0 Å². The van der Waals surface area contributed by atoms with Crippen molar-refractivity contribution in [2.75, 3.05) is 0 Å². The first-order valence-corrected chi connectivity index (χ1v) is 8.00. The van der Waals surface area contributed by atoms with Crippen LogP contribution in [0, 0.1) is 18.7 Å². The Hall–Kier alpha value is -1.19. The molecule has 0 amide bonds. The molecule has 0 aliphatic heterocycles. The third kappa shape index (κ3) is 4.39. The maximum absolute atomic E-state index is 13.1. The zero-order valence-electron chi connectivity index (χ0n) is 12.7. The third-order valence-corrected chi connectivity index (χ3v) is 4.53. The van der Waals surface area contributed by atoms with Crippen LogP contribution in [0.4, 0.5) is 4.39 Å². The number of benzene rings is 2. The predicted molar refractivity (Wildman–Crippen MR) is 89.7 cm³/mol. The zero-order valence-corrected chi connectivity index (χ0v) is 14.2. The van der Waals surface area contributed by atoms with Gasteiger partial charge in [0, 0.05) is 17.1 Å². The molecule has 1 unspecified atom stereocenters. The van der Waals surface area contributed by atoms with Gasteiger partial charge in [-0.25, -0.2) is 4.39 Å². The van der Waals surface area contributed by atoms with Crippen molar-refractivity contribution < 1.29 is 4.39 Å². The molecule has 112 valence electrons. The van der Waals surface area contributed by atoms with Crippen LogP contribution in [0.25, 0.3) is 0 Å². The van der Waals surface area contributed by atoms with Crippen LogP contribution in [0.2, 0.25) is 0 Å². The Morgan fingerprint density at radius 1 is 1.10 bits per heavy atom. The first-order chi connectivity index (χ1) is 9.97. The van der Waals surface area contributed by atoms with Gasteiger partial charge in [0.2, 0.25) is 0 Å². The second-order valence-electron chi connectivity index (χ2n) is 5.74. The molecule has 2 aromatic carbocycles. The van der Waals surface area contributed by atoms with Gasteiger partial charge in [-0.05, 0) is 47.7 Å². The molecule has 0 saturated carbocycles. The standard InChI is InChI=1S/C18H21BrFN/c1-12(2)18(15-5-7-16(20)8-6-15)21-11-14-4-9-17(19)13(3)10-14/h4-10,12,18,21H,11H2,1-3H3. The van der Waals surface area contributed by atoms with Crippen LogP contribution in [0.5, 0.6) is 0 Å². The first kappa shape index (κ1) is 16.2. The molecule has 0 fully saturated rings. The minimum Gasteiger partial charge on any atom is -0.306 e. The highest BCUT2D eigenvalue weighted by atomic mass is 79.9. The van der Waals surface area contributed by atoms with Gasteiger partial charge in [-0.3, -0.25) is 0 Å². The fourth-order valence-corrected chi connectivity index (χ4v) is 2.70. The molecular formula is C18H21BrFN. The summed E-state index contributed by atoms with van der Waals surface area (Å²) in [5, 5.41) is 3.58. The van der Waals surface area contributed by atoms with Crippen molar-refractivity contribution in [3.05, 3.63) is 69.4 Å². The average Bonchev–Trinajstić information content (AvgIpc) is 2.44. The average molecular weight is 350 g/mol. The van der Waals surface area contributed by atoms with Crippen LogP contribution in [-0.4, -0.2) is 0 Å². The van der Waals surface area contributed by atoms with Crippen LogP contribution >= 0.6 is 15.9 Å². The van der Waals surface area contributed by atoms with Crippen molar-refractivity contribution in [2.24, 2.45) is 5.92 Å². The SMILES string of the molecule is Cc1cc(CNC(c2ccc(F)cc2)C(C)C)ccc1Br. The zero-order chi connectivity index (χ0) is 15.4. The van der Waals surface area contributed by atoms with Crippen molar-refractivity contribution in [3.8, 4) is 0 Å². The number of nitrogens with one attached hydrogen (secondary N) is 1. The third-order valence-electron chi connectivity index (χ3n) is 3.64. The quantitative estimate of drug-likeness (QED) is 0.763. The summed E-state index contributed by atoms with van der Waals surface area (Å²) in [7, 11) is 0. The van der Waals surface area contributed by atoms with Crippen molar-refractivity contribution >= 4 is 15.9 Å². The molecule has 21 heavy (non-hydrogen) atoms. The predicted octanol–water partition coefficient (Wildman–Crippen LogP) is 5.38. The lowest BCUT2D eigenvalue weighted by molar-refractivity contribution is 0.410. The molecule has 1 N–H and O–H groups in total. The van der Waals surface area contributed by atoms with E-state index in [0.29, 0.717) is 5.92 Å². The summed E-state index contributed by atoms with van der Waals surface area (Å²) >= 11 is 3.52. The second-order valence-corrected chi connectivity index (χ2v) is 6.59. The summed E-state index contributed by atoms with van der Waals surface area (Å²) in [6.45, 7) is 7.24. The number of rotatable bonds is 5. The normalized spacial score (nSPS) is 12.7. The van der Waals surface area contributed by atoms with E-state index in [0.717, 1.165) is 16.6 Å². The number of hydrogen-bond donors (Lipinski definition) is 1. The van der Waals surface area contributed by atoms with Crippen LogP contribution in [-0.2, 0) is 6.54 Å². The second kappa shape index (κ2) is 7.19. The van der Waals surface area contributed by atoms with Gasteiger partial charge in [-0.1, -0.05) is 54.0 Å². The van der Waals surface area contributed by atoms with Gasteiger partial charge >= 0.3 is 0 Å². The van der Waals surface area contributed by atoms with Crippen molar-refractivity contribution in [2.45, 2.75) is 33.4 Å². The Morgan fingerprint density at radius 2 is 1.76 bits per heavy atom. The van der Waals surface area contributed by atoms with E-state index in [1.165, 1.54) is 23.3 Å². The minimum atomic E-state index is -0.190. The monoisotopic (exact) mass is 349 g/mol. The lowest BCUT2D eigenvalue weighted by Crippen LogP contribution is -2.25. The van der Waals surface area contributed by atoms with Crippen molar-refractivity contribution in [1.29, 1.82) is 0 Å². The summed E-state index contributed by atoms with van der Waals surface area (Å²) < 4.78 is 14.2. The lowest BCUT2D eigenvalue weighted by Gasteiger charge is -2.23. The van der Waals surface area contributed by atoms with Gasteiger partial charge in [0.25, 0.3) is 0 Å². The van der Waals surface area contributed by atoms with Crippen molar-refractivity contribution in [1.82, 2.24) is 5.32 Å². The maximum atomic E-state index is 13.1. The van der Waals surface area contributed by atoms with E-state index in [9.17, 15) is 4.39 Å². The Bertz CT molecular complexity index is 593. The Balaban J connectivity index is 2.09. The molecule has 0 aliphatic carbocycles. The number of halogens is 2. The van der Waals surface area contributed by atoms with Gasteiger partial charge < -0.3 is 5.32 Å². The molecule has 1 nitrogen and oxygen atoms in total. The maximum Gasteiger partial charge on any atom is 0.123 e. The first-order valence-electron chi connectivity index (χ1n) is 7.21. The smallest absolute Gasteiger partial charge is 0.123 e. The van der Waals surface area contributed by atoms with E-state index >= 15 is 0 Å². The molecule has 1 atom stereocenters. The summed E-state index contributed by atoms with van der Waals surface area (Å²) in [4.78, 5) is 0. The van der Waals surface area contributed by atoms with Gasteiger partial charge in [-0.2, -0.15) is 0 Å². The molecule has 2 aromatic rings. The van der Waals surface area contributed by atoms with E-state index in [2.05, 4.69) is 60.2 Å². The molecule has 0 aliphatic rings. The topological polar surface area (TPSA) is 12.0 Å². The summed E-state index contributed by atoms with van der Waals surface area (Å²) in [5.74, 6) is 0.247. The van der Waals surface area contributed by atoms with Gasteiger partial charge in [0.1, 0.15) is 5.82 Å². The van der Waals surface area contributed by atoms with Crippen LogP contribution < -0.4 is 5.32 Å². The van der Waals surface area contributed by atoms with E-state index < -0.39 is 0 Å². The molecule has 3 heteroatoms. The number of aryl methyl sites for hydroxylation is 1. The van der Waals surface area contributed by atoms with Crippen LogP contribution in [0.15, 0.2) is 46.9 Å². The van der Waals surface area contributed by atoms with Crippen molar-refractivity contribution in [3.63, 3.8) is 0 Å². The molecule has 2 rings (SSSR count). The summed E-state index contributed by atoms with van der Waals surface area (Å²) in [6, 6.07) is 13.4. The van der Waals surface area contributed by atoms with Crippen LogP contribution in [0.1, 0.15) is 36.6 Å². The van der Waals surface area contributed by atoms with Gasteiger partial charge in [0.15, 0.2) is 0 Å². The Kier molecular flexibility index (Phi) is 5.54. The highest BCUT2D eigenvalue weighted by molar-refractivity contribution is 9.10. The Labute approximate surface area is 134 Å². The fourth-order valence-electron chi connectivity index (χ4n) is 2.45. The Morgan fingerprint density at radius 3 is 2.33 bits per heavy atom.